The lowest BCUT2D eigenvalue weighted by Crippen LogP contribution is -2.49. The third kappa shape index (κ3) is 5.15. The van der Waals surface area contributed by atoms with Crippen molar-refractivity contribution in [2.24, 2.45) is 0 Å². The molecular formula is C29H32N6O. The molecule has 36 heavy (non-hydrogen) atoms. The molecule has 4 aromatic rings. The van der Waals surface area contributed by atoms with E-state index in [9.17, 15) is 4.79 Å². The van der Waals surface area contributed by atoms with Crippen LogP contribution in [0.1, 0.15) is 47.2 Å². The van der Waals surface area contributed by atoms with Crippen molar-refractivity contribution < 1.29 is 4.79 Å². The number of carbonyl (C=O) groups is 1. The largest absolute Gasteiger partial charge is 0.353 e. The Bertz CT molecular complexity index is 1320. The highest BCUT2D eigenvalue weighted by molar-refractivity contribution is 6.00. The van der Waals surface area contributed by atoms with Crippen LogP contribution in [0.5, 0.6) is 0 Å². The molecule has 1 aliphatic rings. The topological polar surface area (TPSA) is 67.2 Å². The smallest absolute Gasteiger partial charge is 0.257 e. The zero-order chi connectivity index (χ0) is 25.1. The first-order valence-electron chi connectivity index (χ1n) is 12.5. The molecule has 0 atom stereocenters. The molecule has 2 aromatic heterocycles. The van der Waals surface area contributed by atoms with Crippen molar-refractivity contribution in [3.63, 3.8) is 0 Å². The zero-order valence-corrected chi connectivity index (χ0v) is 21.1. The molecule has 0 unspecified atom stereocenters. The van der Waals surface area contributed by atoms with Crippen LogP contribution >= 0.6 is 0 Å². The molecule has 0 bridgehead atoms. The molecule has 1 saturated heterocycles. The second-order valence-corrected chi connectivity index (χ2v) is 9.60. The summed E-state index contributed by atoms with van der Waals surface area (Å²) in [6, 6.07) is 22.2. The third-order valence-corrected chi connectivity index (χ3v) is 6.49. The summed E-state index contributed by atoms with van der Waals surface area (Å²) in [4.78, 5) is 27.3. The van der Waals surface area contributed by atoms with Gasteiger partial charge in [0.2, 0.25) is 0 Å². The number of rotatable bonds is 6. The fraction of sp³-hybridized carbons (Fsp3) is 0.310. The van der Waals surface area contributed by atoms with Gasteiger partial charge in [-0.15, -0.1) is 0 Å². The molecule has 1 amide bonds. The van der Waals surface area contributed by atoms with Crippen LogP contribution in [0.15, 0.2) is 72.9 Å². The van der Waals surface area contributed by atoms with Gasteiger partial charge in [0.15, 0.2) is 0 Å². The number of amides is 1. The molecule has 7 heteroatoms. The van der Waals surface area contributed by atoms with Crippen molar-refractivity contribution in [3.8, 4) is 11.3 Å². The second-order valence-electron chi connectivity index (χ2n) is 9.60. The van der Waals surface area contributed by atoms with Crippen LogP contribution in [0.3, 0.4) is 0 Å². The van der Waals surface area contributed by atoms with Crippen LogP contribution in [0.2, 0.25) is 0 Å². The quantitative estimate of drug-likeness (QED) is 0.397. The van der Waals surface area contributed by atoms with Gasteiger partial charge in [0.05, 0.1) is 12.1 Å². The lowest BCUT2D eigenvalue weighted by atomic mass is 10.1. The molecule has 5 rings (SSSR count). The van der Waals surface area contributed by atoms with Crippen LogP contribution in [0, 0.1) is 6.92 Å². The predicted molar refractivity (Wildman–Crippen MR) is 142 cm³/mol. The Kier molecular flexibility index (Phi) is 6.80. The van der Waals surface area contributed by atoms with E-state index in [-0.39, 0.29) is 11.8 Å². The van der Waals surface area contributed by atoms with Crippen LogP contribution < -0.4 is 4.90 Å². The summed E-state index contributed by atoms with van der Waals surface area (Å²) in [6.45, 7) is 9.59. The van der Waals surface area contributed by atoms with Gasteiger partial charge >= 0.3 is 0 Å². The molecular weight excluding hydrogens is 448 g/mol. The summed E-state index contributed by atoms with van der Waals surface area (Å²) in [5.41, 5.74) is 4.44. The Morgan fingerprint density at radius 1 is 0.917 bits per heavy atom. The van der Waals surface area contributed by atoms with Gasteiger partial charge < -0.3 is 9.80 Å². The number of benzene rings is 2. The molecule has 7 nitrogen and oxygen atoms in total. The first-order valence-corrected chi connectivity index (χ1v) is 12.5. The lowest BCUT2D eigenvalue weighted by Gasteiger charge is -2.35. The molecule has 0 saturated carbocycles. The molecule has 0 spiro atoms. The first kappa shape index (κ1) is 23.7. The summed E-state index contributed by atoms with van der Waals surface area (Å²) in [6.07, 6.45) is 1.90. The number of hydrogen-bond acceptors (Lipinski definition) is 5. The Balaban J connectivity index is 1.36. The Labute approximate surface area is 212 Å². The highest BCUT2D eigenvalue weighted by Gasteiger charge is 2.27. The molecule has 3 heterocycles. The summed E-state index contributed by atoms with van der Waals surface area (Å²) in [5, 5.41) is 4.83. The van der Waals surface area contributed by atoms with Crippen LogP contribution in [-0.4, -0.2) is 56.7 Å². The summed E-state index contributed by atoms with van der Waals surface area (Å²) >= 11 is 0. The van der Waals surface area contributed by atoms with Gasteiger partial charge in [0.1, 0.15) is 17.3 Å². The van der Waals surface area contributed by atoms with E-state index in [1.165, 1.54) is 0 Å². The molecule has 184 valence electrons. The number of aromatic nitrogens is 4. The van der Waals surface area contributed by atoms with Crippen molar-refractivity contribution in [1.82, 2.24) is 24.6 Å². The van der Waals surface area contributed by atoms with Gasteiger partial charge in [0.25, 0.3) is 5.91 Å². The summed E-state index contributed by atoms with van der Waals surface area (Å²) in [5.74, 6) is 2.10. The van der Waals surface area contributed by atoms with Gasteiger partial charge in [-0.05, 0) is 12.5 Å². The van der Waals surface area contributed by atoms with E-state index in [0.717, 1.165) is 47.2 Å². The fourth-order valence-corrected chi connectivity index (χ4v) is 4.54. The third-order valence-electron chi connectivity index (χ3n) is 6.49. The van der Waals surface area contributed by atoms with Crippen molar-refractivity contribution in [3.05, 3.63) is 95.6 Å². The van der Waals surface area contributed by atoms with Crippen LogP contribution in [0.4, 0.5) is 5.82 Å². The van der Waals surface area contributed by atoms with E-state index in [0.29, 0.717) is 25.2 Å². The predicted octanol–water partition coefficient (Wildman–Crippen LogP) is 4.78. The minimum absolute atomic E-state index is 0.0227. The van der Waals surface area contributed by atoms with Gasteiger partial charge in [-0.1, -0.05) is 74.5 Å². The van der Waals surface area contributed by atoms with E-state index in [1.54, 1.807) is 0 Å². The average Bonchev–Trinajstić information content (AvgIpc) is 3.33. The highest BCUT2D eigenvalue weighted by Crippen LogP contribution is 2.25. The standard InChI is InChI=1S/C29H32N6O/c1-21(2)28-30-22(3)18-26(31-28)33-14-16-34(17-15-33)29(36)25-20-35(19-23-10-6-4-7-11-23)32-27(25)24-12-8-5-9-13-24/h4-13,18,20-21H,14-17,19H2,1-3H3. The van der Waals surface area contributed by atoms with E-state index in [1.807, 2.05) is 77.3 Å². The normalized spacial score (nSPS) is 13.9. The van der Waals surface area contributed by atoms with E-state index in [4.69, 9.17) is 10.1 Å². The molecule has 0 N–H and O–H groups in total. The van der Waals surface area contributed by atoms with Gasteiger partial charge in [-0.3, -0.25) is 9.48 Å². The minimum atomic E-state index is 0.0227. The lowest BCUT2D eigenvalue weighted by molar-refractivity contribution is 0.0747. The SMILES string of the molecule is Cc1cc(N2CCN(C(=O)c3cn(Cc4ccccc4)nc3-c3ccccc3)CC2)nc(C(C)C)n1. The van der Waals surface area contributed by atoms with Crippen molar-refractivity contribution in [2.75, 3.05) is 31.1 Å². The van der Waals surface area contributed by atoms with Crippen molar-refractivity contribution >= 4 is 11.7 Å². The van der Waals surface area contributed by atoms with E-state index < -0.39 is 0 Å². The maximum Gasteiger partial charge on any atom is 0.257 e. The second kappa shape index (κ2) is 10.3. The van der Waals surface area contributed by atoms with E-state index in [2.05, 4.69) is 35.9 Å². The minimum Gasteiger partial charge on any atom is -0.353 e. The molecule has 0 radical (unpaired) electrons. The number of piperazine rings is 1. The summed E-state index contributed by atoms with van der Waals surface area (Å²) < 4.78 is 1.87. The monoisotopic (exact) mass is 480 g/mol. The Morgan fingerprint density at radius 3 is 2.25 bits per heavy atom. The fourth-order valence-electron chi connectivity index (χ4n) is 4.54. The maximum atomic E-state index is 13.7. The highest BCUT2D eigenvalue weighted by atomic mass is 16.2. The molecule has 1 aliphatic heterocycles. The first-order chi connectivity index (χ1) is 17.5. The van der Waals surface area contributed by atoms with Crippen LogP contribution in [-0.2, 0) is 6.54 Å². The van der Waals surface area contributed by atoms with Crippen molar-refractivity contribution in [2.45, 2.75) is 33.2 Å². The Hall–Kier alpha value is -4.00. The number of hydrogen-bond donors (Lipinski definition) is 0. The van der Waals surface area contributed by atoms with Gasteiger partial charge in [0, 0.05) is 55.6 Å². The van der Waals surface area contributed by atoms with Gasteiger partial charge in [-0.25, -0.2) is 9.97 Å². The average molecular weight is 481 g/mol. The number of anilines is 1. The number of aryl methyl sites for hydroxylation is 1. The van der Waals surface area contributed by atoms with Crippen molar-refractivity contribution in [1.29, 1.82) is 0 Å². The zero-order valence-electron chi connectivity index (χ0n) is 21.1. The molecule has 0 aliphatic carbocycles. The molecule has 1 fully saturated rings. The van der Waals surface area contributed by atoms with Crippen LogP contribution in [0.25, 0.3) is 11.3 Å². The molecule has 2 aromatic carbocycles. The summed E-state index contributed by atoms with van der Waals surface area (Å²) in [7, 11) is 0. The van der Waals surface area contributed by atoms with E-state index >= 15 is 0 Å². The number of nitrogens with zero attached hydrogens (tertiary/aromatic N) is 6. The Morgan fingerprint density at radius 2 is 1.58 bits per heavy atom. The van der Waals surface area contributed by atoms with Gasteiger partial charge in [-0.2, -0.15) is 5.10 Å². The maximum absolute atomic E-state index is 13.7. The number of carbonyl (C=O) groups excluding carboxylic acids is 1.